The molecule has 0 nitrogen and oxygen atoms in total. The average molecular weight is 297 g/mol. The zero-order valence-electron chi connectivity index (χ0n) is 10.9. The molecule has 1 atom stereocenters. The van der Waals surface area contributed by atoms with Gasteiger partial charge in [0, 0.05) is 10.7 Å². The van der Waals surface area contributed by atoms with Crippen LogP contribution in [0.25, 0.3) is 0 Å². The van der Waals surface area contributed by atoms with E-state index in [9.17, 15) is 0 Å². The number of thioether (sulfide) groups is 3. The minimum absolute atomic E-state index is 0.305. The van der Waals surface area contributed by atoms with Gasteiger partial charge in [0.1, 0.15) is 0 Å². The molecule has 0 amide bonds. The second kappa shape index (κ2) is 6.47. The van der Waals surface area contributed by atoms with Gasteiger partial charge in [0.2, 0.25) is 0 Å². The standard InChI is InChI=1S/C15H20S3/c1-4-9-16-14-7-8-15(13(5-2)12(14)3)17-10-6-11-18-15/h5,9,14H,1-2,6-8,10-11H2,3H3. The Bertz CT molecular complexity index is 396. The van der Waals surface area contributed by atoms with E-state index in [2.05, 4.69) is 55.4 Å². The topological polar surface area (TPSA) is 0 Å². The Morgan fingerprint density at radius 2 is 2.17 bits per heavy atom. The molecule has 0 aromatic rings. The molecule has 18 heavy (non-hydrogen) atoms. The number of rotatable bonds is 3. The summed E-state index contributed by atoms with van der Waals surface area (Å²) in [6.45, 7) is 9.99. The summed E-state index contributed by atoms with van der Waals surface area (Å²) in [4.78, 5) is 0. The normalized spacial score (nSPS) is 26.8. The van der Waals surface area contributed by atoms with E-state index in [-0.39, 0.29) is 0 Å². The Hall–Kier alpha value is 0.0500. The van der Waals surface area contributed by atoms with E-state index in [0.29, 0.717) is 9.33 Å². The molecule has 1 aliphatic heterocycles. The minimum Gasteiger partial charge on any atom is -0.139 e. The first-order valence-corrected chi connectivity index (χ1v) is 9.26. The summed E-state index contributed by atoms with van der Waals surface area (Å²) in [5, 5.41) is 2.58. The summed E-state index contributed by atoms with van der Waals surface area (Å²) in [5.41, 5.74) is 5.86. The van der Waals surface area contributed by atoms with Gasteiger partial charge in [0.25, 0.3) is 0 Å². The SMILES string of the molecule is C=C=CSC1CCC2(SCCCS2)C(C=C)=C1C. The molecule has 1 saturated heterocycles. The summed E-state index contributed by atoms with van der Waals surface area (Å²) in [7, 11) is 0. The van der Waals surface area contributed by atoms with Crippen molar-refractivity contribution in [2.45, 2.75) is 35.5 Å². The van der Waals surface area contributed by atoms with Crippen molar-refractivity contribution in [1.82, 2.24) is 0 Å². The maximum absolute atomic E-state index is 4.07. The highest BCUT2D eigenvalue weighted by molar-refractivity contribution is 8.19. The summed E-state index contributed by atoms with van der Waals surface area (Å²) < 4.78 is 0.305. The fourth-order valence-electron chi connectivity index (χ4n) is 2.64. The lowest BCUT2D eigenvalue weighted by atomic mass is 9.91. The van der Waals surface area contributed by atoms with Gasteiger partial charge in [-0.25, -0.2) is 0 Å². The molecule has 2 aliphatic rings. The van der Waals surface area contributed by atoms with Crippen LogP contribution in [0.3, 0.4) is 0 Å². The van der Waals surface area contributed by atoms with Crippen LogP contribution in [-0.4, -0.2) is 20.8 Å². The molecule has 98 valence electrons. The van der Waals surface area contributed by atoms with E-state index in [1.165, 1.54) is 41.9 Å². The second-order valence-electron chi connectivity index (χ2n) is 4.59. The molecule has 1 unspecified atom stereocenters. The second-order valence-corrected chi connectivity index (χ2v) is 8.71. The molecule has 0 aromatic heterocycles. The van der Waals surface area contributed by atoms with Crippen molar-refractivity contribution in [1.29, 1.82) is 0 Å². The monoisotopic (exact) mass is 296 g/mol. The van der Waals surface area contributed by atoms with Crippen molar-refractivity contribution in [2.75, 3.05) is 11.5 Å². The van der Waals surface area contributed by atoms with Gasteiger partial charge in [-0.1, -0.05) is 24.8 Å². The number of allylic oxidation sites excluding steroid dienone is 1. The van der Waals surface area contributed by atoms with Gasteiger partial charge in [-0.15, -0.1) is 41.0 Å². The third kappa shape index (κ3) is 2.80. The highest BCUT2D eigenvalue weighted by Crippen LogP contribution is 2.55. The maximum atomic E-state index is 4.07. The molecule has 1 fully saturated rings. The first-order chi connectivity index (χ1) is 8.73. The van der Waals surface area contributed by atoms with Crippen molar-refractivity contribution < 1.29 is 0 Å². The Labute approximate surface area is 123 Å². The van der Waals surface area contributed by atoms with Crippen LogP contribution in [0.15, 0.2) is 41.5 Å². The first kappa shape index (κ1) is 14.5. The lowest BCUT2D eigenvalue weighted by Crippen LogP contribution is -2.33. The van der Waals surface area contributed by atoms with Crippen LogP contribution in [0, 0.1) is 0 Å². The van der Waals surface area contributed by atoms with Crippen molar-refractivity contribution >= 4 is 35.3 Å². The molecular weight excluding hydrogens is 276 g/mol. The Morgan fingerprint density at radius 3 is 2.78 bits per heavy atom. The molecule has 0 saturated carbocycles. The quantitative estimate of drug-likeness (QED) is 0.653. The van der Waals surface area contributed by atoms with E-state index in [4.69, 9.17) is 0 Å². The van der Waals surface area contributed by atoms with Crippen LogP contribution in [0.2, 0.25) is 0 Å². The van der Waals surface area contributed by atoms with Crippen LogP contribution in [-0.2, 0) is 0 Å². The predicted octanol–water partition coefficient (Wildman–Crippen LogP) is 5.25. The van der Waals surface area contributed by atoms with Crippen molar-refractivity contribution in [3.05, 3.63) is 41.5 Å². The lowest BCUT2D eigenvalue weighted by molar-refractivity contribution is 0.675. The van der Waals surface area contributed by atoms with E-state index >= 15 is 0 Å². The summed E-state index contributed by atoms with van der Waals surface area (Å²) in [6, 6.07) is 0. The molecule has 1 spiro atoms. The largest absolute Gasteiger partial charge is 0.139 e. The van der Waals surface area contributed by atoms with E-state index in [1.807, 2.05) is 17.2 Å². The zero-order chi connectivity index (χ0) is 13.0. The minimum atomic E-state index is 0.305. The third-order valence-electron chi connectivity index (χ3n) is 3.53. The fourth-order valence-corrected chi connectivity index (χ4v) is 7.06. The lowest BCUT2D eigenvalue weighted by Gasteiger charge is -2.43. The summed E-state index contributed by atoms with van der Waals surface area (Å²) >= 11 is 6.12. The molecule has 1 heterocycles. The first-order valence-electron chi connectivity index (χ1n) is 6.35. The van der Waals surface area contributed by atoms with E-state index < -0.39 is 0 Å². The molecule has 0 bridgehead atoms. The van der Waals surface area contributed by atoms with Crippen LogP contribution in [0.1, 0.15) is 26.2 Å². The van der Waals surface area contributed by atoms with Gasteiger partial charge in [-0.3, -0.25) is 0 Å². The Kier molecular flexibility index (Phi) is 5.20. The zero-order valence-corrected chi connectivity index (χ0v) is 13.4. The van der Waals surface area contributed by atoms with Gasteiger partial charge in [-0.05, 0) is 43.3 Å². The van der Waals surface area contributed by atoms with Crippen molar-refractivity contribution in [3.63, 3.8) is 0 Å². The van der Waals surface area contributed by atoms with Gasteiger partial charge < -0.3 is 0 Å². The van der Waals surface area contributed by atoms with Crippen LogP contribution in [0.5, 0.6) is 0 Å². The van der Waals surface area contributed by atoms with Crippen LogP contribution >= 0.6 is 35.3 Å². The Balaban J connectivity index is 2.28. The smallest absolute Gasteiger partial charge is 0.0860 e. The molecule has 0 N–H and O–H groups in total. The van der Waals surface area contributed by atoms with Crippen molar-refractivity contribution in [3.8, 4) is 0 Å². The average Bonchev–Trinajstić information content (AvgIpc) is 2.40. The van der Waals surface area contributed by atoms with E-state index in [1.54, 1.807) is 0 Å². The van der Waals surface area contributed by atoms with Crippen LogP contribution in [0.4, 0.5) is 0 Å². The fraction of sp³-hybridized carbons (Fsp3) is 0.533. The Morgan fingerprint density at radius 1 is 1.44 bits per heavy atom. The van der Waals surface area contributed by atoms with E-state index in [0.717, 1.165) is 0 Å². The van der Waals surface area contributed by atoms with Crippen molar-refractivity contribution in [2.24, 2.45) is 0 Å². The summed E-state index contributed by atoms with van der Waals surface area (Å²) in [5.74, 6) is 2.59. The van der Waals surface area contributed by atoms with Gasteiger partial charge in [0.05, 0.1) is 4.08 Å². The number of hydrogen-bond donors (Lipinski definition) is 0. The molecule has 1 aliphatic carbocycles. The molecule has 0 radical (unpaired) electrons. The van der Waals surface area contributed by atoms with Gasteiger partial charge in [0.15, 0.2) is 0 Å². The summed E-state index contributed by atoms with van der Waals surface area (Å²) in [6.07, 6.45) is 5.97. The highest BCUT2D eigenvalue weighted by Gasteiger charge is 2.41. The van der Waals surface area contributed by atoms with Gasteiger partial charge in [-0.2, -0.15) is 0 Å². The molecule has 3 heteroatoms. The highest BCUT2D eigenvalue weighted by atomic mass is 32.2. The predicted molar refractivity (Wildman–Crippen MR) is 89.5 cm³/mol. The third-order valence-corrected chi connectivity index (χ3v) is 8.23. The van der Waals surface area contributed by atoms with Gasteiger partial charge >= 0.3 is 0 Å². The van der Waals surface area contributed by atoms with Crippen LogP contribution < -0.4 is 0 Å². The molecule has 0 aromatic carbocycles. The molecular formula is C15H20S3. The maximum Gasteiger partial charge on any atom is 0.0860 e. The number of hydrogen-bond acceptors (Lipinski definition) is 3. The molecule has 2 rings (SSSR count).